The van der Waals surface area contributed by atoms with Crippen molar-refractivity contribution in [1.82, 2.24) is 9.78 Å². The third-order valence-corrected chi connectivity index (χ3v) is 3.51. The molecular weight excluding hydrogens is 303 g/mol. The molecule has 0 aliphatic carbocycles. The topological polar surface area (TPSA) is 90.1 Å². The second kappa shape index (κ2) is 6.55. The van der Waals surface area contributed by atoms with Crippen LogP contribution in [0.25, 0.3) is 0 Å². The highest BCUT2D eigenvalue weighted by Gasteiger charge is 2.21. The fraction of sp³-hybridized carbons (Fsp3) is 0.333. The van der Waals surface area contributed by atoms with Crippen LogP contribution in [-0.2, 0) is 11.3 Å². The van der Waals surface area contributed by atoms with Crippen molar-refractivity contribution < 1.29 is 14.1 Å². The van der Waals surface area contributed by atoms with Crippen LogP contribution in [-0.4, -0.2) is 20.6 Å². The van der Waals surface area contributed by atoms with Gasteiger partial charge in [0.2, 0.25) is 5.91 Å². The summed E-state index contributed by atoms with van der Waals surface area (Å²) in [6, 6.07) is 5.50. The average molecular weight is 320 g/mol. The van der Waals surface area contributed by atoms with Gasteiger partial charge >= 0.3 is 5.82 Å². The molecule has 0 saturated carbocycles. The monoisotopic (exact) mass is 320 g/mol. The third-order valence-electron chi connectivity index (χ3n) is 3.51. The molecule has 1 amide bonds. The summed E-state index contributed by atoms with van der Waals surface area (Å²) in [5, 5.41) is 17.2. The van der Waals surface area contributed by atoms with Gasteiger partial charge in [-0.05, 0) is 36.5 Å². The van der Waals surface area contributed by atoms with E-state index in [1.807, 2.05) is 0 Å². The molecule has 0 aliphatic heterocycles. The zero-order chi connectivity index (χ0) is 17.1. The highest BCUT2D eigenvalue weighted by molar-refractivity contribution is 5.92. The predicted molar refractivity (Wildman–Crippen MR) is 82.5 cm³/mol. The molecule has 122 valence electrons. The minimum absolute atomic E-state index is 0.194. The van der Waals surface area contributed by atoms with E-state index in [-0.39, 0.29) is 18.3 Å². The van der Waals surface area contributed by atoms with Crippen LogP contribution in [0.5, 0.6) is 0 Å². The van der Waals surface area contributed by atoms with Crippen LogP contribution in [0, 0.1) is 35.7 Å². The van der Waals surface area contributed by atoms with Gasteiger partial charge in [-0.3, -0.25) is 4.79 Å². The third kappa shape index (κ3) is 3.91. The molecule has 1 atom stereocenters. The fourth-order valence-corrected chi connectivity index (χ4v) is 2.09. The second-order valence-corrected chi connectivity index (χ2v) is 5.43. The summed E-state index contributed by atoms with van der Waals surface area (Å²) in [5.74, 6) is -1.49. The Morgan fingerprint density at radius 3 is 2.74 bits per heavy atom. The molecule has 2 aromatic rings. The lowest BCUT2D eigenvalue weighted by Crippen LogP contribution is -2.25. The number of benzene rings is 1. The van der Waals surface area contributed by atoms with Crippen LogP contribution in [0.2, 0.25) is 0 Å². The van der Waals surface area contributed by atoms with E-state index >= 15 is 0 Å². The second-order valence-electron chi connectivity index (χ2n) is 5.43. The molecule has 0 aliphatic rings. The SMILES string of the molecule is Cc1ccc(F)cc1NC(=O)C(C)Cn1nc([N+](=O)[O-])cc1C. The number of nitrogens with one attached hydrogen (secondary N) is 1. The molecule has 1 unspecified atom stereocenters. The van der Waals surface area contributed by atoms with E-state index in [1.165, 1.54) is 22.9 Å². The van der Waals surface area contributed by atoms with Crippen molar-refractivity contribution in [3.63, 3.8) is 0 Å². The average Bonchev–Trinajstić information content (AvgIpc) is 2.84. The molecule has 1 heterocycles. The molecule has 0 saturated heterocycles. The standard InChI is InChI=1S/C15H17FN4O3/c1-9-4-5-12(16)7-13(9)17-15(21)10(2)8-19-11(3)6-14(18-19)20(22)23/h4-7,10H,8H2,1-3H3,(H,17,21). The molecule has 1 aromatic heterocycles. The van der Waals surface area contributed by atoms with Gasteiger partial charge in [0.25, 0.3) is 0 Å². The Balaban J connectivity index is 2.08. The first kappa shape index (κ1) is 16.6. The van der Waals surface area contributed by atoms with Gasteiger partial charge in [0.05, 0.1) is 29.3 Å². The number of hydrogen-bond donors (Lipinski definition) is 1. The first-order valence-corrected chi connectivity index (χ1v) is 7.03. The normalized spacial score (nSPS) is 12.0. The Hall–Kier alpha value is -2.77. The lowest BCUT2D eigenvalue weighted by molar-refractivity contribution is -0.389. The Morgan fingerprint density at radius 2 is 2.13 bits per heavy atom. The number of nitro groups is 1. The smallest absolute Gasteiger partial charge is 0.358 e. The maximum Gasteiger partial charge on any atom is 0.390 e. The summed E-state index contributed by atoms with van der Waals surface area (Å²) in [7, 11) is 0. The van der Waals surface area contributed by atoms with Gasteiger partial charge in [-0.15, -0.1) is 0 Å². The number of rotatable bonds is 5. The molecule has 0 fully saturated rings. The van der Waals surface area contributed by atoms with E-state index in [1.54, 1.807) is 26.8 Å². The van der Waals surface area contributed by atoms with Gasteiger partial charge in [-0.2, -0.15) is 4.68 Å². The Labute approximate surface area is 132 Å². The number of anilines is 1. The summed E-state index contributed by atoms with van der Waals surface area (Å²) >= 11 is 0. The maximum atomic E-state index is 13.2. The zero-order valence-electron chi connectivity index (χ0n) is 13.0. The van der Waals surface area contributed by atoms with Crippen LogP contribution < -0.4 is 5.32 Å². The van der Waals surface area contributed by atoms with Gasteiger partial charge in [0.1, 0.15) is 5.82 Å². The fourth-order valence-electron chi connectivity index (χ4n) is 2.09. The van der Waals surface area contributed by atoms with E-state index < -0.39 is 16.7 Å². The van der Waals surface area contributed by atoms with Crippen LogP contribution >= 0.6 is 0 Å². The number of aromatic nitrogens is 2. The van der Waals surface area contributed by atoms with Crippen molar-refractivity contribution in [2.45, 2.75) is 27.3 Å². The first-order chi connectivity index (χ1) is 10.8. The minimum Gasteiger partial charge on any atom is -0.358 e. The number of halogens is 1. The molecule has 0 radical (unpaired) electrons. The van der Waals surface area contributed by atoms with Crippen LogP contribution in [0.3, 0.4) is 0 Å². The van der Waals surface area contributed by atoms with Crippen molar-refractivity contribution in [3.05, 3.63) is 51.5 Å². The number of nitrogens with zero attached hydrogens (tertiary/aromatic N) is 3. The Morgan fingerprint density at radius 1 is 1.43 bits per heavy atom. The number of carbonyl (C=O) groups is 1. The van der Waals surface area contributed by atoms with Crippen LogP contribution in [0.4, 0.5) is 15.9 Å². The number of aryl methyl sites for hydroxylation is 2. The molecule has 7 nitrogen and oxygen atoms in total. The van der Waals surface area contributed by atoms with Gasteiger partial charge in [0.15, 0.2) is 0 Å². The summed E-state index contributed by atoms with van der Waals surface area (Å²) in [5.41, 5.74) is 1.75. The predicted octanol–water partition coefficient (Wildman–Crippen LogP) is 2.82. The lowest BCUT2D eigenvalue weighted by Gasteiger charge is -2.13. The number of hydrogen-bond acceptors (Lipinski definition) is 4. The summed E-state index contributed by atoms with van der Waals surface area (Å²) in [6.07, 6.45) is 0. The van der Waals surface area contributed by atoms with Gasteiger partial charge in [-0.1, -0.05) is 13.0 Å². The van der Waals surface area contributed by atoms with Crippen molar-refractivity contribution in [2.75, 3.05) is 5.32 Å². The largest absolute Gasteiger partial charge is 0.390 e. The quantitative estimate of drug-likeness (QED) is 0.677. The van der Waals surface area contributed by atoms with Gasteiger partial charge in [-0.25, -0.2) is 4.39 Å². The molecule has 1 N–H and O–H groups in total. The lowest BCUT2D eigenvalue weighted by atomic mass is 10.1. The van der Waals surface area contributed by atoms with Crippen molar-refractivity contribution in [1.29, 1.82) is 0 Å². The summed E-state index contributed by atoms with van der Waals surface area (Å²) in [4.78, 5) is 22.4. The van der Waals surface area contributed by atoms with Crippen molar-refractivity contribution in [3.8, 4) is 0 Å². The molecule has 0 bridgehead atoms. The number of amides is 1. The first-order valence-electron chi connectivity index (χ1n) is 7.03. The van der Waals surface area contributed by atoms with E-state index in [9.17, 15) is 19.3 Å². The van der Waals surface area contributed by atoms with E-state index in [4.69, 9.17) is 0 Å². The molecule has 8 heteroatoms. The molecule has 1 aromatic carbocycles. The zero-order valence-corrected chi connectivity index (χ0v) is 13.0. The van der Waals surface area contributed by atoms with E-state index in [0.29, 0.717) is 11.4 Å². The summed E-state index contributed by atoms with van der Waals surface area (Å²) in [6.45, 7) is 5.32. The van der Waals surface area contributed by atoms with Crippen molar-refractivity contribution >= 4 is 17.4 Å². The van der Waals surface area contributed by atoms with Crippen molar-refractivity contribution in [2.24, 2.45) is 5.92 Å². The highest BCUT2D eigenvalue weighted by atomic mass is 19.1. The van der Waals surface area contributed by atoms with Crippen LogP contribution in [0.1, 0.15) is 18.2 Å². The highest BCUT2D eigenvalue weighted by Crippen LogP contribution is 2.18. The minimum atomic E-state index is -0.579. The number of carbonyl (C=O) groups excluding carboxylic acids is 1. The summed E-state index contributed by atoms with van der Waals surface area (Å²) < 4.78 is 14.7. The molecular formula is C15H17FN4O3. The van der Waals surface area contributed by atoms with E-state index in [0.717, 1.165) is 5.56 Å². The Kier molecular flexibility index (Phi) is 4.73. The molecule has 23 heavy (non-hydrogen) atoms. The maximum absolute atomic E-state index is 13.2. The van der Waals surface area contributed by atoms with Gasteiger partial charge in [0, 0.05) is 5.69 Å². The molecule has 2 rings (SSSR count). The Bertz CT molecular complexity index is 757. The van der Waals surface area contributed by atoms with E-state index in [2.05, 4.69) is 10.4 Å². The van der Waals surface area contributed by atoms with Gasteiger partial charge < -0.3 is 15.4 Å². The molecule has 0 spiro atoms. The van der Waals surface area contributed by atoms with Crippen LogP contribution in [0.15, 0.2) is 24.3 Å².